The Morgan fingerprint density at radius 3 is 2.41 bits per heavy atom. The van der Waals surface area contributed by atoms with E-state index in [1.54, 1.807) is 0 Å². The van der Waals surface area contributed by atoms with E-state index in [-0.39, 0.29) is 29.9 Å². The standard InChI is InChI=1S/C19H36N4O2S.HI/c1-3-20-19(21-13-12-18(24)22-15-8-5-6-9-15)23-16-10-7-11-17(14-16)26(25)4-2;/h15-17H,3-14H2,1-2H3,(H,22,24)(H2,20,21,23);1H. The molecule has 158 valence electrons. The molecule has 3 unspecified atom stereocenters. The predicted octanol–water partition coefficient (Wildman–Crippen LogP) is 2.69. The molecule has 0 bridgehead atoms. The van der Waals surface area contributed by atoms with Crippen LogP contribution in [-0.4, -0.2) is 52.3 Å². The number of rotatable bonds is 8. The molecule has 0 heterocycles. The summed E-state index contributed by atoms with van der Waals surface area (Å²) < 4.78 is 12.1. The molecule has 0 saturated heterocycles. The summed E-state index contributed by atoms with van der Waals surface area (Å²) in [6, 6.07) is 0.686. The Morgan fingerprint density at radius 2 is 1.74 bits per heavy atom. The van der Waals surface area contributed by atoms with Crippen LogP contribution in [0.4, 0.5) is 0 Å². The van der Waals surface area contributed by atoms with Crippen LogP contribution in [0, 0.1) is 0 Å². The molecule has 27 heavy (non-hydrogen) atoms. The minimum absolute atomic E-state index is 0. The molecular formula is C19H37IN4O2S. The third-order valence-electron chi connectivity index (χ3n) is 5.30. The van der Waals surface area contributed by atoms with Gasteiger partial charge in [-0.1, -0.05) is 26.2 Å². The molecule has 0 aromatic carbocycles. The van der Waals surface area contributed by atoms with Crippen LogP contribution >= 0.6 is 24.0 Å². The molecule has 3 atom stereocenters. The van der Waals surface area contributed by atoms with E-state index < -0.39 is 10.8 Å². The normalized spacial score (nSPS) is 24.7. The molecule has 1 amide bonds. The zero-order chi connectivity index (χ0) is 18.8. The van der Waals surface area contributed by atoms with Crippen LogP contribution < -0.4 is 16.0 Å². The molecule has 2 fully saturated rings. The third kappa shape index (κ3) is 9.11. The van der Waals surface area contributed by atoms with E-state index in [2.05, 4.69) is 20.9 Å². The number of halogens is 1. The number of hydrogen-bond acceptors (Lipinski definition) is 3. The van der Waals surface area contributed by atoms with Gasteiger partial charge in [-0.25, -0.2) is 0 Å². The first-order valence-corrected chi connectivity index (χ1v) is 11.7. The fourth-order valence-electron chi connectivity index (χ4n) is 3.90. The maximum Gasteiger partial charge on any atom is 0.222 e. The van der Waals surface area contributed by atoms with Crippen LogP contribution in [0.15, 0.2) is 4.99 Å². The summed E-state index contributed by atoms with van der Waals surface area (Å²) >= 11 is 0. The molecule has 2 saturated carbocycles. The molecule has 8 heteroatoms. The monoisotopic (exact) mass is 512 g/mol. The van der Waals surface area contributed by atoms with Gasteiger partial charge in [-0.2, -0.15) is 0 Å². The maximum atomic E-state index is 12.1. The van der Waals surface area contributed by atoms with Crippen molar-refractivity contribution in [1.82, 2.24) is 16.0 Å². The van der Waals surface area contributed by atoms with Crippen LogP contribution in [0.3, 0.4) is 0 Å². The maximum absolute atomic E-state index is 12.1. The van der Waals surface area contributed by atoms with Crippen LogP contribution in [-0.2, 0) is 15.6 Å². The average Bonchev–Trinajstić information content (AvgIpc) is 3.14. The highest BCUT2D eigenvalue weighted by atomic mass is 127. The number of guanidine groups is 1. The van der Waals surface area contributed by atoms with E-state index in [0.29, 0.717) is 30.3 Å². The average molecular weight is 513 g/mol. The fraction of sp³-hybridized carbons (Fsp3) is 0.895. The molecule has 0 aromatic rings. The van der Waals surface area contributed by atoms with Crippen molar-refractivity contribution in [3.8, 4) is 0 Å². The smallest absolute Gasteiger partial charge is 0.222 e. The Morgan fingerprint density at radius 1 is 1.04 bits per heavy atom. The first-order chi connectivity index (χ1) is 12.6. The molecule has 2 rings (SSSR count). The molecule has 0 aliphatic heterocycles. The number of nitrogens with zero attached hydrogens (tertiary/aromatic N) is 1. The zero-order valence-electron chi connectivity index (χ0n) is 16.8. The second-order valence-corrected chi connectivity index (χ2v) is 9.36. The summed E-state index contributed by atoms with van der Waals surface area (Å²) in [7, 11) is -0.720. The van der Waals surface area contributed by atoms with Crippen molar-refractivity contribution in [3.63, 3.8) is 0 Å². The van der Waals surface area contributed by atoms with E-state index >= 15 is 0 Å². The van der Waals surface area contributed by atoms with E-state index in [1.807, 2.05) is 13.8 Å². The third-order valence-corrected chi connectivity index (χ3v) is 7.04. The molecule has 0 spiro atoms. The largest absolute Gasteiger partial charge is 0.357 e. The number of aliphatic imine (C=N–C) groups is 1. The van der Waals surface area contributed by atoms with Crippen molar-refractivity contribution in [2.24, 2.45) is 4.99 Å². The minimum atomic E-state index is -0.720. The first kappa shape index (κ1) is 24.7. The van der Waals surface area contributed by atoms with Crippen molar-refractivity contribution in [2.75, 3.05) is 18.8 Å². The van der Waals surface area contributed by atoms with Gasteiger partial charge in [-0.15, -0.1) is 24.0 Å². The molecule has 2 aliphatic rings. The van der Waals surface area contributed by atoms with Gasteiger partial charge in [0, 0.05) is 46.9 Å². The van der Waals surface area contributed by atoms with Gasteiger partial charge in [0.1, 0.15) is 0 Å². The topological polar surface area (TPSA) is 82.6 Å². The van der Waals surface area contributed by atoms with Gasteiger partial charge in [0.15, 0.2) is 5.96 Å². The molecule has 0 aromatic heterocycles. The quantitative estimate of drug-likeness (QED) is 0.265. The molecule has 0 radical (unpaired) electrons. The van der Waals surface area contributed by atoms with Gasteiger partial charge in [0.25, 0.3) is 0 Å². The van der Waals surface area contributed by atoms with Crippen LogP contribution in [0.1, 0.15) is 71.6 Å². The lowest BCUT2D eigenvalue weighted by atomic mass is 9.95. The van der Waals surface area contributed by atoms with Crippen molar-refractivity contribution >= 4 is 46.6 Å². The second-order valence-electron chi connectivity index (χ2n) is 7.36. The van der Waals surface area contributed by atoms with Gasteiger partial charge in [-0.05, 0) is 39.0 Å². The van der Waals surface area contributed by atoms with Gasteiger partial charge in [-0.3, -0.25) is 14.0 Å². The van der Waals surface area contributed by atoms with Gasteiger partial charge in [0.2, 0.25) is 5.91 Å². The number of nitrogens with one attached hydrogen (secondary N) is 3. The SMILES string of the molecule is CCNC(=NCCC(=O)NC1CCCC1)NC1CCCC(S(=O)CC)C1.I. The Hall–Kier alpha value is -0.380. The molecule has 3 N–H and O–H groups in total. The zero-order valence-corrected chi connectivity index (χ0v) is 19.9. The van der Waals surface area contributed by atoms with Crippen molar-refractivity contribution < 1.29 is 9.00 Å². The predicted molar refractivity (Wildman–Crippen MR) is 124 cm³/mol. The minimum Gasteiger partial charge on any atom is -0.357 e. The van der Waals surface area contributed by atoms with Crippen LogP contribution in [0.25, 0.3) is 0 Å². The second kappa shape index (κ2) is 13.7. The van der Waals surface area contributed by atoms with Crippen molar-refractivity contribution in [2.45, 2.75) is 89.0 Å². The van der Waals surface area contributed by atoms with E-state index in [0.717, 1.165) is 56.8 Å². The molecule has 6 nitrogen and oxygen atoms in total. The van der Waals surface area contributed by atoms with Crippen molar-refractivity contribution in [1.29, 1.82) is 0 Å². The van der Waals surface area contributed by atoms with Crippen LogP contribution in [0.5, 0.6) is 0 Å². The highest BCUT2D eigenvalue weighted by Gasteiger charge is 2.26. The lowest BCUT2D eigenvalue weighted by Gasteiger charge is -2.30. The number of hydrogen-bond donors (Lipinski definition) is 3. The summed E-state index contributed by atoms with van der Waals surface area (Å²) in [6.07, 6.45) is 9.30. The Bertz CT molecular complexity index is 498. The van der Waals surface area contributed by atoms with Crippen molar-refractivity contribution in [3.05, 3.63) is 0 Å². The highest BCUT2D eigenvalue weighted by Crippen LogP contribution is 2.23. The Labute approximate surface area is 184 Å². The Balaban J connectivity index is 0.00000364. The number of carbonyl (C=O) groups is 1. The van der Waals surface area contributed by atoms with E-state index in [4.69, 9.17) is 0 Å². The lowest BCUT2D eigenvalue weighted by molar-refractivity contribution is -0.121. The summed E-state index contributed by atoms with van der Waals surface area (Å²) in [5.41, 5.74) is 0. The summed E-state index contributed by atoms with van der Waals surface area (Å²) in [5.74, 6) is 1.61. The fourth-order valence-corrected chi connectivity index (χ4v) is 5.25. The van der Waals surface area contributed by atoms with E-state index in [9.17, 15) is 9.00 Å². The van der Waals surface area contributed by atoms with Crippen LogP contribution in [0.2, 0.25) is 0 Å². The summed E-state index contributed by atoms with van der Waals surface area (Å²) in [6.45, 7) is 5.32. The molecular weight excluding hydrogens is 475 g/mol. The Kier molecular flexibility index (Phi) is 12.5. The lowest BCUT2D eigenvalue weighted by Crippen LogP contribution is -2.46. The summed E-state index contributed by atoms with van der Waals surface area (Å²) in [5, 5.41) is 10.2. The molecule has 2 aliphatic carbocycles. The highest BCUT2D eigenvalue weighted by molar-refractivity contribution is 14.0. The first-order valence-electron chi connectivity index (χ1n) is 10.3. The number of amides is 1. The van der Waals surface area contributed by atoms with E-state index in [1.165, 1.54) is 12.8 Å². The van der Waals surface area contributed by atoms with Gasteiger partial charge in [0.05, 0.1) is 6.54 Å². The van der Waals surface area contributed by atoms with Gasteiger partial charge < -0.3 is 16.0 Å². The summed E-state index contributed by atoms with van der Waals surface area (Å²) in [4.78, 5) is 16.6. The number of carbonyl (C=O) groups excluding carboxylic acids is 1. The van der Waals surface area contributed by atoms with Gasteiger partial charge >= 0.3 is 0 Å².